The zero-order valence-electron chi connectivity index (χ0n) is 10.6. The van der Waals surface area contributed by atoms with Crippen LogP contribution in [-0.2, 0) is 0 Å². The Morgan fingerprint density at radius 2 is 2.07 bits per heavy atom. The van der Waals surface area contributed by atoms with Crippen LogP contribution < -0.4 is 5.32 Å². The Morgan fingerprint density at radius 3 is 2.73 bits per heavy atom. The van der Waals surface area contributed by atoms with Gasteiger partial charge in [0.05, 0.1) is 0 Å². The molecule has 0 aromatic rings. The largest absolute Gasteiger partial charge is 0.316 e. The molecule has 0 radical (unpaired) electrons. The van der Waals surface area contributed by atoms with Crippen molar-refractivity contribution in [3.63, 3.8) is 0 Å². The van der Waals surface area contributed by atoms with E-state index in [1.807, 2.05) is 11.8 Å². The van der Waals surface area contributed by atoms with Gasteiger partial charge in [-0.3, -0.25) is 0 Å². The first-order valence-electron chi connectivity index (χ1n) is 6.43. The molecule has 3 unspecified atom stereocenters. The third-order valence-electron chi connectivity index (χ3n) is 3.64. The van der Waals surface area contributed by atoms with Gasteiger partial charge in [-0.25, -0.2) is 0 Å². The summed E-state index contributed by atoms with van der Waals surface area (Å²) in [6, 6.07) is 0. The zero-order chi connectivity index (χ0) is 11.1. The van der Waals surface area contributed by atoms with Crippen LogP contribution in [0, 0.1) is 17.8 Å². The number of hydrogen-bond acceptors (Lipinski definition) is 2. The van der Waals surface area contributed by atoms with Crippen LogP contribution in [0.3, 0.4) is 0 Å². The summed E-state index contributed by atoms with van der Waals surface area (Å²) in [7, 11) is 0. The fourth-order valence-corrected chi connectivity index (χ4v) is 3.24. The normalized spacial score (nSPS) is 29.0. The van der Waals surface area contributed by atoms with E-state index in [0.29, 0.717) is 0 Å². The van der Waals surface area contributed by atoms with Crippen molar-refractivity contribution in [2.75, 3.05) is 25.1 Å². The Hall–Kier alpha value is 0.310. The number of nitrogens with one attached hydrogen (secondary N) is 1. The summed E-state index contributed by atoms with van der Waals surface area (Å²) in [6.45, 7) is 7.22. The van der Waals surface area contributed by atoms with E-state index in [4.69, 9.17) is 0 Å². The molecule has 1 aliphatic rings. The molecule has 1 fully saturated rings. The summed E-state index contributed by atoms with van der Waals surface area (Å²) in [5, 5.41) is 3.66. The van der Waals surface area contributed by atoms with Gasteiger partial charge in [0.15, 0.2) is 0 Å². The van der Waals surface area contributed by atoms with Crippen LogP contribution in [0.15, 0.2) is 0 Å². The Labute approximate surface area is 99.8 Å². The van der Waals surface area contributed by atoms with Crippen LogP contribution >= 0.6 is 11.8 Å². The lowest BCUT2D eigenvalue weighted by atomic mass is 9.80. The molecule has 0 spiro atoms. The molecule has 2 heteroatoms. The molecular formula is C13H27NS. The molecule has 3 atom stereocenters. The van der Waals surface area contributed by atoms with E-state index in [1.54, 1.807) is 0 Å². The second-order valence-electron chi connectivity index (χ2n) is 5.24. The van der Waals surface area contributed by atoms with Gasteiger partial charge >= 0.3 is 0 Å². The van der Waals surface area contributed by atoms with Crippen molar-refractivity contribution >= 4 is 11.8 Å². The first-order valence-corrected chi connectivity index (χ1v) is 7.83. The number of thioether (sulfide) groups is 1. The van der Waals surface area contributed by atoms with Gasteiger partial charge in [0.2, 0.25) is 0 Å². The lowest BCUT2D eigenvalue weighted by Gasteiger charge is -2.29. The minimum Gasteiger partial charge on any atom is -0.316 e. The maximum absolute atomic E-state index is 3.66. The van der Waals surface area contributed by atoms with Crippen molar-refractivity contribution in [1.29, 1.82) is 0 Å². The Morgan fingerprint density at radius 1 is 1.33 bits per heavy atom. The van der Waals surface area contributed by atoms with Crippen LogP contribution in [0.1, 0.15) is 39.5 Å². The smallest absolute Gasteiger partial charge is 0.00152 e. The van der Waals surface area contributed by atoms with Crippen molar-refractivity contribution in [2.24, 2.45) is 17.8 Å². The minimum absolute atomic E-state index is 0.818. The molecule has 1 N–H and O–H groups in total. The highest BCUT2D eigenvalue weighted by Crippen LogP contribution is 2.28. The Kier molecular flexibility index (Phi) is 6.74. The van der Waals surface area contributed by atoms with Crippen molar-refractivity contribution in [3.05, 3.63) is 0 Å². The lowest BCUT2D eigenvalue weighted by Crippen LogP contribution is -2.32. The predicted molar refractivity (Wildman–Crippen MR) is 71.5 cm³/mol. The van der Waals surface area contributed by atoms with E-state index in [-0.39, 0.29) is 0 Å². The molecule has 0 aliphatic heterocycles. The maximum Gasteiger partial charge on any atom is -0.00152 e. The molecular weight excluding hydrogens is 202 g/mol. The van der Waals surface area contributed by atoms with Gasteiger partial charge in [-0.15, -0.1) is 0 Å². The quantitative estimate of drug-likeness (QED) is 0.749. The second-order valence-corrected chi connectivity index (χ2v) is 6.15. The van der Waals surface area contributed by atoms with Crippen LogP contribution in [0.2, 0.25) is 0 Å². The Balaban J connectivity index is 2.08. The number of hydrogen-bond donors (Lipinski definition) is 1. The Bertz CT molecular complexity index is 161. The van der Waals surface area contributed by atoms with E-state index < -0.39 is 0 Å². The molecule has 0 aromatic carbocycles. The molecule has 0 amide bonds. The molecule has 0 saturated heterocycles. The van der Waals surface area contributed by atoms with E-state index in [1.165, 1.54) is 44.5 Å². The van der Waals surface area contributed by atoms with Crippen LogP contribution in [0.5, 0.6) is 0 Å². The van der Waals surface area contributed by atoms with Crippen molar-refractivity contribution < 1.29 is 0 Å². The highest BCUT2D eigenvalue weighted by Gasteiger charge is 2.20. The molecule has 1 nitrogen and oxygen atoms in total. The van der Waals surface area contributed by atoms with Gasteiger partial charge < -0.3 is 5.32 Å². The van der Waals surface area contributed by atoms with E-state index in [0.717, 1.165) is 17.8 Å². The van der Waals surface area contributed by atoms with Crippen molar-refractivity contribution in [2.45, 2.75) is 39.5 Å². The summed E-state index contributed by atoms with van der Waals surface area (Å²) in [5.74, 6) is 3.99. The highest BCUT2D eigenvalue weighted by atomic mass is 32.2. The van der Waals surface area contributed by atoms with E-state index in [9.17, 15) is 0 Å². The van der Waals surface area contributed by atoms with Crippen LogP contribution in [0.25, 0.3) is 0 Å². The van der Waals surface area contributed by atoms with Gasteiger partial charge in [0.1, 0.15) is 0 Å². The summed E-state index contributed by atoms with van der Waals surface area (Å²) < 4.78 is 0. The molecule has 0 aromatic heterocycles. The van der Waals surface area contributed by atoms with Crippen LogP contribution in [-0.4, -0.2) is 25.1 Å². The highest BCUT2D eigenvalue weighted by molar-refractivity contribution is 7.98. The van der Waals surface area contributed by atoms with Gasteiger partial charge in [-0.2, -0.15) is 11.8 Å². The fraction of sp³-hybridized carbons (Fsp3) is 1.00. The standard InChI is InChI=1S/C13H27NS/c1-11(10-15-3)8-14-9-13-7-5-4-6-12(13)2/h11-14H,4-10H2,1-3H3. The zero-order valence-corrected chi connectivity index (χ0v) is 11.4. The first-order chi connectivity index (χ1) is 7.24. The molecule has 90 valence electrons. The third-order valence-corrected chi connectivity index (χ3v) is 4.54. The summed E-state index contributed by atoms with van der Waals surface area (Å²) in [5.41, 5.74) is 0. The third kappa shape index (κ3) is 5.26. The fourth-order valence-electron chi connectivity index (χ4n) is 2.55. The summed E-state index contributed by atoms with van der Waals surface area (Å²) in [4.78, 5) is 0. The first kappa shape index (κ1) is 13.4. The molecule has 1 rings (SSSR count). The lowest BCUT2D eigenvalue weighted by molar-refractivity contribution is 0.246. The SMILES string of the molecule is CSCC(C)CNCC1CCCCC1C. The van der Waals surface area contributed by atoms with Gasteiger partial charge in [0, 0.05) is 0 Å². The van der Waals surface area contributed by atoms with Gasteiger partial charge in [0.25, 0.3) is 0 Å². The summed E-state index contributed by atoms with van der Waals surface area (Å²) in [6.07, 6.45) is 8.01. The molecule has 1 saturated carbocycles. The molecule has 0 heterocycles. The number of rotatable bonds is 6. The minimum atomic E-state index is 0.818. The maximum atomic E-state index is 3.66. The molecule has 1 aliphatic carbocycles. The molecule has 15 heavy (non-hydrogen) atoms. The molecule has 0 bridgehead atoms. The van der Waals surface area contributed by atoms with E-state index in [2.05, 4.69) is 25.4 Å². The van der Waals surface area contributed by atoms with Gasteiger partial charge in [-0.05, 0) is 49.3 Å². The van der Waals surface area contributed by atoms with Crippen molar-refractivity contribution in [1.82, 2.24) is 5.32 Å². The van der Waals surface area contributed by atoms with Gasteiger partial charge in [-0.1, -0.05) is 33.1 Å². The van der Waals surface area contributed by atoms with Crippen LogP contribution in [0.4, 0.5) is 0 Å². The predicted octanol–water partition coefficient (Wildman–Crippen LogP) is 3.40. The monoisotopic (exact) mass is 229 g/mol. The van der Waals surface area contributed by atoms with E-state index >= 15 is 0 Å². The average molecular weight is 229 g/mol. The average Bonchev–Trinajstić information content (AvgIpc) is 2.21. The topological polar surface area (TPSA) is 12.0 Å². The van der Waals surface area contributed by atoms with Crippen molar-refractivity contribution in [3.8, 4) is 0 Å². The second kappa shape index (κ2) is 7.56. The summed E-state index contributed by atoms with van der Waals surface area (Å²) >= 11 is 1.96.